The second-order valence-corrected chi connectivity index (χ2v) is 7.77. The Morgan fingerprint density at radius 1 is 1.11 bits per heavy atom. The van der Waals surface area contributed by atoms with E-state index in [2.05, 4.69) is 5.32 Å². The lowest BCUT2D eigenvalue weighted by Crippen LogP contribution is -2.51. The molecule has 7 nitrogen and oxygen atoms in total. The molecule has 2 aliphatic heterocycles. The summed E-state index contributed by atoms with van der Waals surface area (Å²) in [5, 5.41) is 2.52. The van der Waals surface area contributed by atoms with Crippen LogP contribution < -0.4 is 10.8 Å². The summed E-state index contributed by atoms with van der Waals surface area (Å²) in [6, 6.07) is 7.32. The molecule has 1 aromatic rings. The molecule has 0 radical (unpaired) electrons. The zero-order valence-electron chi connectivity index (χ0n) is 16.2. The van der Waals surface area contributed by atoms with Crippen LogP contribution in [0.2, 0.25) is 0 Å². The van der Waals surface area contributed by atoms with Crippen molar-refractivity contribution in [3.63, 3.8) is 0 Å². The number of benzene rings is 1. The maximum Gasteiger partial charge on any atom is 0.494 e. The van der Waals surface area contributed by atoms with Gasteiger partial charge in [0.25, 0.3) is 5.91 Å². The summed E-state index contributed by atoms with van der Waals surface area (Å²) in [5.41, 5.74) is 0.801. The third kappa shape index (κ3) is 3.68. The minimum atomic E-state index is -0.517. The maximum atomic E-state index is 12.3. The van der Waals surface area contributed by atoms with Gasteiger partial charge in [-0.2, -0.15) is 0 Å². The summed E-state index contributed by atoms with van der Waals surface area (Å²) in [4.78, 5) is 36.5. The van der Waals surface area contributed by atoms with Crippen LogP contribution in [0.15, 0.2) is 30.0 Å². The van der Waals surface area contributed by atoms with E-state index >= 15 is 0 Å². The molecule has 2 fully saturated rings. The van der Waals surface area contributed by atoms with E-state index < -0.39 is 36.0 Å². The van der Waals surface area contributed by atoms with Gasteiger partial charge in [0.2, 0.25) is 11.8 Å². The van der Waals surface area contributed by atoms with E-state index in [1.54, 1.807) is 18.2 Å². The number of imide groups is 1. The third-order valence-corrected chi connectivity index (χ3v) is 5.20. The van der Waals surface area contributed by atoms with Gasteiger partial charge in [-0.25, -0.2) is 0 Å². The fraction of sp³-hybridized carbons (Fsp3) is 0.421. The Morgan fingerprint density at radius 2 is 1.67 bits per heavy atom. The SMILES string of the molecule is CC(=O)N1CC(=O)NC(=Cc2ccc(B3OC(C)(C)C(C)(C)O3)cc2)C1=O. The van der Waals surface area contributed by atoms with Crippen molar-refractivity contribution in [1.29, 1.82) is 0 Å². The van der Waals surface area contributed by atoms with Crippen LogP contribution in [0, 0.1) is 0 Å². The minimum absolute atomic E-state index is 0.0739. The molecule has 0 aromatic heterocycles. The molecule has 3 amide bonds. The fourth-order valence-electron chi connectivity index (χ4n) is 2.85. The first-order valence-corrected chi connectivity index (χ1v) is 8.80. The van der Waals surface area contributed by atoms with E-state index in [0.717, 1.165) is 10.4 Å². The van der Waals surface area contributed by atoms with Crippen molar-refractivity contribution in [2.24, 2.45) is 0 Å². The standard InChI is InChI=1S/C19H23BN2O5/c1-12(23)22-11-16(24)21-15(17(22)25)10-13-6-8-14(9-7-13)20-26-18(2,3)19(4,5)27-20/h6-10H,11H2,1-5H3,(H,21,24). The molecule has 0 atom stereocenters. The van der Waals surface area contributed by atoms with Crippen molar-refractivity contribution < 1.29 is 23.7 Å². The molecule has 0 spiro atoms. The smallest absolute Gasteiger partial charge is 0.399 e. The lowest BCUT2D eigenvalue weighted by molar-refractivity contribution is -0.147. The monoisotopic (exact) mass is 370 g/mol. The topological polar surface area (TPSA) is 84.9 Å². The summed E-state index contributed by atoms with van der Waals surface area (Å²) in [5.74, 6) is -1.38. The van der Waals surface area contributed by atoms with Gasteiger partial charge in [0.05, 0.1) is 11.2 Å². The van der Waals surface area contributed by atoms with Gasteiger partial charge in [-0.1, -0.05) is 24.3 Å². The average molecular weight is 370 g/mol. The highest BCUT2D eigenvalue weighted by atomic mass is 16.7. The van der Waals surface area contributed by atoms with E-state index in [1.165, 1.54) is 6.92 Å². The second-order valence-electron chi connectivity index (χ2n) is 7.77. The lowest BCUT2D eigenvalue weighted by atomic mass is 9.79. The number of hydrogen-bond donors (Lipinski definition) is 1. The Balaban J connectivity index is 1.80. The van der Waals surface area contributed by atoms with Gasteiger partial charge in [-0.3, -0.25) is 19.3 Å². The predicted molar refractivity (Wildman–Crippen MR) is 101 cm³/mol. The number of amides is 3. The van der Waals surface area contributed by atoms with Crippen molar-refractivity contribution in [3.05, 3.63) is 35.5 Å². The van der Waals surface area contributed by atoms with E-state index in [0.29, 0.717) is 5.56 Å². The van der Waals surface area contributed by atoms with Crippen molar-refractivity contribution >= 4 is 36.4 Å². The zero-order chi connectivity index (χ0) is 20.0. The number of hydrogen-bond acceptors (Lipinski definition) is 5. The van der Waals surface area contributed by atoms with Crippen molar-refractivity contribution in [2.75, 3.05) is 6.54 Å². The van der Waals surface area contributed by atoms with Crippen molar-refractivity contribution in [3.8, 4) is 0 Å². The minimum Gasteiger partial charge on any atom is -0.399 e. The summed E-state index contributed by atoms with van der Waals surface area (Å²) in [6.07, 6.45) is 1.54. The number of carbonyl (C=O) groups excluding carboxylic acids is 3. The molecule has 8 heteroatoms. The van der Waals surface area contributed by atoms with Gasteiger partial charge in [0, 0.05) is 6.92 Å². The largest absolute Gasteiger partial charge is 0.494 e. The van der Waals surface area contributed by atoms with E-state index in [1.807, 2.05) is 39.8 Å². The molecule has 1 N–H and O–H groups in total. The molecule has 0 unspecified atom stereocenters. The Morgan fingerprint density at radius 3 is 2.19 bits per heavy atom. The van der Waals surface area contributed by atoms with Gasteiger partial charge in [-0.05, 0) is 44.8 Å². The Kier molecular flexibility index (Phi) is 4.73. The maximum absolute atomic E-state index is 12.3. The molecule has 3 rings (SSSR count). The molecule has 2 saturated heterocycles. The Hall–Kier alpha value is -2.45. The van der Waals surface area contributed by atoms with Crippen LogP contribution >= 0.6 is 0 Å². The zero-order valence-corrected chi connectivity index (χ0v) is 16.2. The highest BCUT2D eigenvalue weighted by Gasteiger charge is 2.51. The number of piperazine rings is 1. The molecular weight excluding hydrogens is 347 g/mol. The predicted octanol–water partition coefficient (Wildman–Crippen LogP) is 0.832. The van der Waals surface area contributed by atoms with Gasteiger partial charge in [-0.15, -0.1) is 0 Å². The van der Waals surface area contributed by atoms with Crippen molar-refractivity contribution in [1.82, 2.24) is 10.2 Å². The Labute approximate surface area is 158 Å². The van der Waals surface area contributed by atoms with Crippen molar-refractivity contribution in [2.45, 2.75) is 45.8 Å². The van der Waals surface area contributed by atoms with Gasteiger partial charge in [0.15, 0.2) is 0 Å². The number of rotatable bonds is 2. The van der Waals surface area contributed by atoms with Crippen LogP contribution in [0.4, 0.5) is 0 Å². The fourth-order valence-corrected chi connectivity index (χ4v) is 2.85. The van der Waals surface area contributed by atoms with Gasteiger partial charge >= 0.3 is 7.12 Å². The molecule has 2 heterocycles. The summed E-state index contributed by atoms with van der Waals surface area (Å²) < 4.78 is 12.0. The first-order chi connectivity index (χ1) is 12.5. The lowest BCUT2D eigenvalue weighted by Gasteiger charge is -2.32. The number of nitrogens with zero attached hydrogens (tertiary/aromatic N) is 1. The molecule has 27 heavy (non-hydrogen) atoms. The van der Waals surface area contributed by atoms with Crippen LogP contribution in [0.25, 0.3) is 6.08 Å². The summed E-state index contributed by atoms with van der Waals surface area (Å²) in [6.45, 7) is 8.96. The first kappa shape index (κ1) is 19.3. The van der Waals surface area contributed by atoms with Crippen LogP contribution in [-0.4, -0.2) is 47.5 Å². The first-order valence-electron chi connectivity index (χ1n) is 8.80. The Bertz CT molecular complexity index is 813. The molecule has 142 valence electrons. The van der Waals surface area contributed by atoms with E-state index in [9.17, 15) is 14.4 Å². The van der Waals surface area contributed by atoms with Crippen LogP contribution in [0.5, 0.6) is 0 Å². The summed E-state index contributed by atoms with van der Waals surface area (Å²) >= 11 is 0. The van der Waals surface area contributed by atoms with Gasteiger partial charge in [0.1, 0.15) is 12.2 Å². The van der Waals surface area contributed by atoms with Crippen LogP contribution in [0.3, 0.4) is 0 Å². The highest BCUT2D eigenvalue weighted by molar-refractivity contribution is 6.62. The molecule has 2 aliphatic rings. The van der Waals surface area contributed by atoms with Crippen LogP contribution in [-0.2, 0) is 23.7 Å². The molecule has 1 aromatic carbocycles. The highest BCUT2D eigenvalue weighted by Crippen LogP contribution is 2.36. The quantitative estimate of drug-likeness (QED) is 0.616. The van der Waals surface area contributed by atoms with E-state index in [-0.39, 0.29) is 12.2 Å². The number of carbonyl (C=O) groups is 3. The average Bonchev–Trinajstić information content (AvgIpc) is 2.79. The molecule has 0 saturated carbocycles. The summed E-state index contributed by atoms with van der Waals surface area (Å²) in [7, 11) is -0.471. The third-order valence-electron chi connectivity index (χ3n) is 5.20. The normalized spacial score (nSPS) is 22.9. The number of nitrogens with one attached hydrogen (secondary N) is 1. The molecular formula is C19H23BN2O5. The van der Waals surface area contributed by atoms with Gasteiger partial charge < -0.3 is 14.6 Å². The van der Waals surface area contributed by atoms with E-state index in [4.69, 9.17) is 9.31 Å². The second kappa shape index (κ2) is 6.62. The molecule has 0 aliphatic carbocycles. The molecule has 0 bridgehead atoms. The van der Waals surface area contributed by atoms with Crippen LogP contribution in [0.1, 0.15) is 40.2 Å².